The Morgan fingerprint density at radius 3 is 2.39 bits per heavy atom. The molecule has 0 saturated carbocycles. The third kappa shape index (κ3) is 8.79. The van der Waals surface area contributed by atoms with Crippen molar-refractivity contribution in [2.45, 2.75) is 45.0 Å². The first kappa shape index (κ1) is 17.8. The maximum Gasteiger partial charge on any atom is 0.110 e. The van der Waals surface area contributed by atoms with Crippen LogP contribution in [-0.4, -0.2) is 61.6 Å². The van der Waals surface area contributed by atoms with E-state index < -0.39 is 11.7 Å². The first-order valence-corrected chi connectivity index (χ1v) is 6.15. The Morgan fingerprint density at radius 2 is 1.89 bits per heavy atom. The molecular weight excluding hydrogens is 240 g/mol. The van der Waals surface area contributed by atoms with Gasteiger partial charge in [0.2, 0.25) is 0 Å². The van der Waals surface area contributed by atoms with Gasteiger partial charge in [-0.3, -0.25) is 0 Å². The Balaban J connectivity index is 3.97. The third-order valence-corrected chi connectivity index (χ3v) is 2.37. The molecule has 0 aromatic heterocycles. The molecule has 0 aliphatic heterocycles. The molecule has 0 aromatic rings. The maximum atomic E-state index is 9.53. The zero-order valence-electron chi connectivity index (χ0n) is 11.7. The fourth-order valence-corrected chi connectivity index (χ4v) is 1.54. The quantitative estimate of drug-likeness (QED) is 0.419. The average Bonchev–Trinajstić information content (AvgIpc) is 2.33. The molecule has 2 N–H and O–H groups in total. The first-order valence-electron chi connectivity index (χ1n) is 6.15. The molecule has 0 aliphatic rings. The molecular formula is C12H26O6. The zero-order chi connectivity index (χ0) is 14.0. The highest BCUT2D eigenvalue weighted by molar-refractivity contribution is 4.75. The highest BCUT2D eigenvalue weighted by Gasteiger charge is 2.25. The van der Waals surface area contributed by atoms with E-state index in [0.717, 1.165) is 0 Å². The summed E-state index contributed by atoms with van der Waals surface area (Å²) >= 11 is 0. The highest BCUT2D eigenvalue weighted by Crippen LogP contribution is 2.19. The first-order chi connectivity index (χ1) is 8.45. The zero-order valence-corrected chi connectivity index (χ0v) is 11.7. The van der Waals surface area contributed by atoms with Gasteiger partial charge in [0, 0.05) is 13.0 Å². The standard InChI is InChI=1S/C12H26O6/c1-5-16-11(7-13)6-12(2,3)17-8-10(14)9-18-15-4/h10-11,13-14H,5-9H2,1-4H3. The lowest BCUT2D eigenvalue weighted by Gasteiger charge is -2.30. The van der Waals surface area contributed by atoms with E-state index in [0.29, 0.717) is 13.0 Å². The fourth-order valence-electron chi connectivity index (χ4n) is 1.54. The minimum atomic E-state index is -0.746. The molecule has 0 rings (SSSR count). The Bertz CT molecular complexity index is 197. The lowest BCUT2D eigenvalue weighted by molar-refractivity contribution is -0.288. The predicted octanol–water partition coefficient (Wildman–Crippen LogP) is 0.508. The van der Waals surface area contributed by atoms with Gasteiger partial charge < -0.3 is 19.7 Å². The molecule has 6 heteroatoms. The number of hydrogen-bond donors (Lipinski definition) is 2. The van der Waals surface area contributed by atoms with E-state index in [-0.39, 0.29) is 25.9 Å². The van der Waals surface area contributed by atoms with Gasteiger partial charge in [0.1, 0.15) is 12.7 Å². The summed E-state index contributed by atoms with van der Waals surface area (Å²) in [6, 6.07) is 0. The molecule has 0 amide bonds. The fraction of sp³-hybridized carbons (Fsp3) is 1.00. The third-order valence-electron chi connectivity index (χ3n) is 2.37. The van der Waals surface area contributed by atoms with Gasteiger partial charge >= 0.3 is 0 Å². The highest BCUT2D eigenvalue weighted by atomic mass is 17.2. The number of rotatable bonds is 11. The Hall–Kier alpha value is -0.240. The van der Waals surface area contributed by atoms with Crippen molar-refractivity contribution in [2.24, 2.45) is 0 Å². The molecule has 110 valence electrons. The summed E-state index contributed by atoms with van der Waals surface area (Å²) in [7, 11) is 1.38. The van der Waals surface area contributed by atoms with Crippen molar-refractivity contribution in [1.82, 2.24) is 0 Å². The lowest BCUT2D eigenvalue weighted by atomic mass is 10.0. The van der Waals surface area contributed by atoms with Crippen LogP contribution in [0.3, 0.4) is 0 Å². The second-order valence-corrected chi connectivity index (χ2v) is 4.64. The van der Waals surface area contributed by atoms with Crippen molar-refractivity contribution in [1.29, 1.82) is 0 Å². The molecule has 0 saturated heterocycles. The average molecular weight is 266 g/mol. The number of ether oxygens (including phenoxy) is 2. The molecule has 2 unspecified atom stereocenters. The lowest BCUT2D eigenvalue weighted by Crippen LogP contribution is -2.36. The molecule has 0 spiro atoms. The predicted molar refractivity (Wildman–Crippen MR) is 66.1 cm³/mol. The van der Waals surface area contributed by atoms with Gasteiger partial charge in [-0.15, -0.1) is 0 Å². The smallest absolute Gasteiger partial charge is 0.110 e. The van der Waals surface area contributed by atoms with Gasteiger partial charge in [-0.1, -0.05) is 0 Å². The molecule has 0 radical (unpaired) electrons. The SMILES string of the molecule is CCOC(CO)CC(C)(C)OCC(O)COOC. The van der Waals surface area contributed by atoms with Crippen molar-refractivity contribution in [3.8, 4) is 0 Å². The van der Waals surface area contributed by atoms with Crippen LogP contribution in [-0.2, 0) is 19.2 Å². The van der Waals surface area contributed by atoms with Crippen molar-refractivity contribution >= 4 is 0 Å². The molecule has 6 nitrogen and oxygen atoms in total. The van der Waals surface area contributed by atoms with Crippen LogP contribution >= 0.6 is 0 Å². The van der Waals surface area contributed by atoms with E-state index in [1.807, 2.05) is 20.8 Å². The summed E-state index contributed by atoms with van der Waals surface area (Å²) in [5.41, 5.74) is -0.489. The van der Waals surface area contributed by atoms with E-state index in [9.17, 15) is 5.11 Å². The van der Waals surface area contributed by atoms with Gasteiger partial charge in [-0.25, -0.2) is 9.78 Å². The normalized spacial score (nSPS) is 15.7. The largest absolute Gasteiger partial charge is 0.394 e. The van der Waals surface area contributed by atoms with E-state index in [1.165, 1.54) is 7.11 Å². The monoisotopic (exact) mass is 266 g/mol. The number of aliphatic hydroxyl groups excluding tert-OH is 2. The summed E-state index contributed by atoms with van der Waals surface area (Å²) in [6.07, 6.45) is -0.448. The van der Waals surface area contributed by atoms with Gasteiger partial charge in [0.05, 0.1) is 32.0 Å². The van der Waals surface area contributed by atoms with Crippen molar-refractivity contribution < 1.29 is 29.5 Å². The molecule has 0 fully saturated rings. The second-order valence-electron chi connectivity index (χ2n) is 4.64. The van der Waals surface area contributed by atoms with Gasteiger partial charge in [0.15, 0.2) is 0 Å². The molecule has 0 aromatic carbocycles. The van der Waals surface area contributed by atoms with E-state index >= 15 is 0 Å². The Kier molecular flexibility index (Phi) is 9.53. The number of hydrogen-bond acceptors (Lipinski definition) is 6. The van der Waals surface area contributed by atoms with Gasteiger partial charge in [-0.05, 0) is 20.8 Å². The van der Waals surface area contributed by atoms with Crippen molar-refractivity contribution in [3.63, 3.8) is 0 Å². The maximum absolute atomic E-state index is 9.53. The van der Waals surface area contributed by atoms with Crippen molar-refractivity contribution in [2.75, 3.05) is 33.5 Å². The topological polar surface area (TPSA) is 77.4 Å². The summed E-state index contributed by atoms with van der Waals surface area (Å²) in [5, 5.41) is 18.7. The molecule has 2 atom stereocenters. The summed E-state index contributed by atoms with van der Waals surface area (Å²) < 4.78 is 11.0. The van der Waals surface area contributed by atoms with Crippen LogP contribution in [0.5, 0.6) is 0 Å². The minimum absolute atomic E-state index is 0.0457. The van der Waals surface area contributed by atoms with E-state index in [1.54, 1.807) is 0 Å². The van der Waals surface area contributed by atoms with Crippen LogP contribution in [0.4, 0.5) is 0 Å². The molecule has 18 heavy (non-hydrogen) atoms. The summed E-state index contributed by atoms with van der Waals surface area (Å²) in [4.78, 5) is 9.00. The van der Waals surface area contributed by atoms with Crippen LogP contribution in [0.2, 0.25) is 0 Å². The molecule has 0 bridgehead atoms. The van der Waals surface area contributed by atoms with Crippen LogP contribution < -0.4 is 0 Å². The van der Waals surface area contributed by atoms with E-state index in [2.05, 4.69) is 9.78 Å². The van der Waals surface area contributed by atoms with Crippen LogP contribution in [0, 0.1) is 0 Å². The Morgan fingerprint density at radius 1 is 1.22 bits per heavy atom. The second kappa shape index (κ2) is 9.66. The summed E-state index contributed by atoms with van der Waals surface area (Å²) in [5.74, 6) is 0. The Labute approximate surface area is 109 Å². The van der Waals surface area contributed by atoms with E-state index in [4.69, 9.17) is 14.6 Å². The number of aliphatic hydroxyl groups is 2. The molecule has 0 heterocycles. The van der Waals surface area contributed by atoms with Gasteiger partial charge in [0.25, 0.3) is 0 Å². The summed E-state index contributed by atoms with van der Waals surface area (Å²) in [6.45, 7) is 6.35. The minimum Gasteiger partial charge on any atom is -0.394 e. The van der Waals surface area contributed by atoms with Crippen molar-refractivity contribution in [3.05, 3.63) is 0 Å². The van der Waals surface area contributed by atoms with Crippen LogP contribution in [0.15, 0.2) is 0 Å². The van der Waals surface area contributed by atoms with Crippen LogP contribution in [0.25, 0.3) is 0 Å². The van der Waals surface area contributed by atoms with Crippen LogP contribution in [0.1, 0.15) is 27.2 Å². The molecule has 0 aliphatic carbocycles. The van der Waals surface area contributed by atoms with Gasteiger partial charge in [-0.2, -0.15) is 0 Å².